The second-order valence-electron chi connectivity index (χ2n) is 7.03. The Morgan fingerprint density at radius 2 is 1.82 bits per heavy atom. The summed E-state index contributed by atoms with van der Waals surface area (Å²) in [6.07, 6.45) is 1.30. The summed E-state index contributed by atoms with van der Waals surface area (Å²) in [7, 11) is 0. The van der Waals surface area contributed by atoms with Crippen molar-refractivity contribution < 1.29 is 9.50 Å². The number of hydrogen-bond donors (Lipinski definition) is 3. The van der Waals surface area contributed by atoms with Crippen LogP contribution in [0.15, 0.2) is 59.6 Å². The topological polar surface area (TPSA) is 59.9 Å². The van der Waals surface area contributed by atoms with E-state index in [0.29, 0.717) is 17.6 Å². The van der Waals surface area contributed by atoms with Crippen LogP contribution in [0.3, 0.4) is 0 Å². The molecule has 1 heterocycles. The lowest BCUT2D eigenvalue weighted by molar-refractivity contribution is 0.187. The maximum absolute atomic E-state index is 13.0. The SMILES string of the molecule is CCNC(=NCC(O)c1ccc(F)cc1)NC1CCN(c2ccccc2)CC1. The summed E-state index contributed by atoms with van der Waals surface area (Å²) in [6.45, 7) is 5.00. The van der Waals surface area contributed by atoms with Gasteiger partial charge in [0.15, 0.2) is 5.96 Å². The Balaban J connectivity index is 1.53. The van der Waals surface area contributed by atoms with Crippen molar-refractivity contribution in [1.82, 2.24) is 10.6 Å². The first kappa shape index (κ1) is 20.1. The van der Waals surface area contributed by atoms with Gasteiger partial charge >= 0.3 is 0 Å². The van der Waals surface area contributed by atoms with Crippen LogP contribution < -0.4 is 15.5 Å². The Morgan fingerprint density at radius 1 is 1.14 bits per heavy atom. The first-order valence-corrected chi connectivity index (χ1v) is 9.94. The van der Waals surface area contributed by atoms with Crippen LogP contribution in [0.2, 0.25) is 0 Å². The van der Waals surface area contributed by atoms with Crippen molar-refractivity contribution in [3.05, 3.63) is 66.0 Å². The van der Waals surface area contributed by atoms with Gasteiger partial charge in [-0.1, -0.05) is 30.3 Å². The number of aliphatic hydroxyl groups excluding tert-OH is 1. The van der Waals surface area contributed by atoms with Crippen LogP contribution in [-0.2, 0) is 0 Å². The van der Waals surface area contributed by atoms with Crippen LogP contribution in [-0.4, -0.2) is 43.3 Å². The quantitative estimate of drug-likeness (QED) is 0.529. The molecule has 1 aliphatic heterocycles. The number of para-hydroxylation sites is 1. The van der Waals surface area contributed by atoms with E-state index in [2.05, 4.69) is 44.8 Å². The molecule has 3 N–H and O–H groups in total. The molecule has 5 nitrogen and oxygen atoms in total. The van der Waals surface area contributed by atoms with Crippen LogP contribution in [0.25, 0.3) is 0 Å². The van der Waals surface area contributed by atoms with E-state index in [1.54, 1.807) is 12.1 Å². The lowest BCUT2D eigenvalue weighted by Crippen LogP contribution is -2.48. The molecule has 0 radical (unpaired) electrons. The third-order valence-corrected chi connectivity index (χ3v) is 4.98. The number of aliphatic imine (C=N–C) groups is 1. The third kappa shape index (κ3) is 5.70. The molecule has 0 bridgehead atoms. The molecule has 2 aromatic carbocycles. The summed E-state index contributed by atoms with van der Waals surface area (Å²) >= 11 is 0. The zero-order valence-corrected chi connectivity index (χ0v) is 16.3. The predicted octanol–water partition coefficient (Wildman–Crippen LogP) is 3.08. The summed E-state index contributed by atoms with van der Waals surface area (Å²) in [5, 5.41) is 17.0. The Kier molecular flexibility index (Phi) is 7.25. The fourth-order valence-electron chi connectivity index (χ4n) is 3.40. The maximum Gasteiger partial charge on any atom is 0.191 e. The Labute approximate surface area is 166 Å². The highest BCUT2D eigenvalue weighted by Crippen LogP contribution is 2.19. The standard InChI is InChI=1S/C22H29FN4O/c1-2-24-22(25-16-21(28)17-8-10-18(23)11-9-17)26-19-12-14-27(15-13-19)20-6-4-3-5-7-20/h3-11,19,21,28H,2,12-16H2,1H3,(H2,24,25,26). The van der Waals surface area contributed by atoms with E-state index in [1.165, 1.54) is 17.8 Å². The zero-order valence-electron chi connectivity index (χ0n) is 16.3. The third-order valence-electron chi connectivity index (χ3n) is 4.98. The first-order valence-electron chi connectivity index (χ1n) is 9.94. The number of halogens is 1. The summed E-state index contributed by atoms with van der Waals surface area (Å²) in [5.74, 6) is 0.401. The smallest absolute Gasteiger partial charge is 0.191 e. The molecule has 1 saturated heterocycles. The number of piperidine rings is 1. The minimum absolute atomic E-state index is 0.226. The largest absolute Gasteiger partial charge is 0.386 e. The minimum Gasteiger partial charge on any atom is -0.386 e. The molecule has 0 amide bonds. The summed E-state index contributed by atoms with van der Waals surface area (Å²) in [5.41, 5.74) is 1.93. The molecule has 0 spiro atoms. The van der Waals surface area contributed by atoms with E-state index in [4.69, 9.17) is 0 Å². The lowest BCUT2D eigenvalue weighted by Gasteiger charge is -2.34. The van der Waals surface area contributed by atoms with Gasteiger partial charge in [-0.3, -0.25) is 4.99 Å². The highest BCUT2D eigenvalue weighted by Gasteiger charge is 2.20. The summed E-state index contributed by atoms with van der Waals surface area (Å²) in [4.78, 5) is 6.92. The fourth-order valence-corrected chi connectivity index (χ4v) is 3.40. The number of nitrogens with one attached hydrogen (secondary N) is 2. The Bertz CT molecular complexity index is 743. The van der Waals surface area contributed by atoms with Crippen LogP contribution in [0.4, 0.5) is 10.1 Å². The van der Waals surface area contributed by atoms with Crippen molar-refractivity contribution in [2.24, 2.45) is 4.99 Å². The minimum atomic E-state index is -0.754. The molecule has 1 unspecified atom stereocenters. The van der Waals surface area contributed by atoms with E-state index < -0.39 is 6.10 Å². The Morgan fingerprint density at radius 3 is 2.46 bits per heavy atom. The van der Waals surface area contributed by atoms with Crippen molar-refractivity contribution in [3.63, 3.8) is 0 Å². The zero-order chi connectivity index (χ0) is 19.8. The highest BCUT2D eigenvalue weighted by molar-refractivity contribution is 5.80. The number of guanidine groups is 1. The van der Waals surface area contributed by atoms with Gasteiger partial charge in [0.2, 0.25) is 0 Å². The van der Waals surface area contributed by atoms with E-state index in [9.17, 15) is 9.50 Å². The second kappa shape index (κ2) is 10.1. The average molecular weight is 384 g/mol. The molecule has 2 aromatic rings. The lowest BCUT2D eigenvalue weighted by atomic mass is 10.0. The molecule has 1 atom stereocenters. The van der Waals surface area contributed by atoms with Crippen molar-refractivity contribution in [2.45, 2.75) is 31.9 Å². The van der Waals surface area contributed by atoms with Gasteiger partial charge in [-0.25, -0.2) is 4.39 Å². The first-order chi connectivity index (χ1) is 13.7. The van der Waals surface area contributed by atoms with Gasteiger partial charge < -0.3 is 20.6 Å². The summed E-state index contributed by atoms with van der Waals surface area (Å²) < 4.78 is 13.0. The number of benzene rings is 2. The van der Waals surface area contributed by atoms with Crippen molar-refractivity contribution in [2.75, 3.05) is 31.1 Å². The average Bonchev–Trinajstić information content (AvgIpc) is 2.73. The normalized spacial score (nSPS) is 16.7. The van der Waals surface area contributed by atoms with E-state index in [1.807, 2.05) is 13.0 Å². The van der Waals surface area contributed by atoms with Crippen LogP contribution in [0.5, 0.6) is 0 Å². The van der Waals surface area contributed by atoms with Gasteiger partial charge in [0.05, 0.1) is 12.6 Å². The highest BCUT2D eigenvalue weighted by atomic mass is 19.1. The van der Waals surface area contributed by atoms with Gasteiger partial charge in [0.25, 0.3) is 0 Å². The second-order valence-corrected chi connectivity index (χ2v) is 7.03. The van der Waals surface area contributed by atoms with Gasteiger partial charge in [-0.2, -0.15) is 0 Å². The van der Waals surface area contributed by atoms with Gasteiger partial charge in [0.1, 0.15) is 5.82 Å². The fraction of sp³-hybridized carbons (Fsp3) is 0.409. The van der Waals surface area contributed by atoms with E-state index >= 15 is 0 Å². The number of hydrogen-bond acceptors (Lipinski definition) is 3. The molecule has 6 heteroatoms. The van der Waals surface area contributed by atoms with Crippen LogP contribution in [0.1, 0.15) is 31.4 Å². The van der Waals surface area contributed by atoms with Gasteiger partial charge in [-0.15, -0.1) is 0 Å². The molecule has 1 fully saturated rings. The van der Waals surface area contributed by atoms with Gasteiger partial charge in [-0.05, 0) is 49.6 Å². The number of anilines is 1. The predicted molar refractivity (Wildman–Crippen MR) is 112 cm³/mol. The molecular weight excluding hydrogens is 355 g/mol. The Hall–Kier alpha value is -2.60. The molecule has 0 aliphatic carbocycles. The van der Waals surface area contributed by atoms with Crippen LogP contribution >= 0.6 is 0 Å². The number of nitrogens with zero attached hydrogens (tertiary/aromatic N) is 2. The summed E-state index contributed by atoms with van der Waals surface area (Å²) in [6, 6.07) is 16.7. The van der Waals surface area contributed by atoms with Gasteiger partial charge in [0, 0.05) is 31.4 Å². The number of rotatable bonds is 6. The van der Waals surface area contributed by atoms with Crippen LogP contribution in [0, 0.1) is 5.82 Å². The molecule has 150 valence electrons. The molecule has 1 aliphatic rings. The maximum atomic E-state index is 13.0. The van der Waals surface area contributed by atoms with E-state index in [0.717, 1.165) is 32.5 Å². The molecule has 3 rings (SSSR count). The van der Waals surface area contributed by atoms with Crippen molar-refractivity contribution >= 4 is 11.6 Å². The monoisotopic (exact) mass is 384 g/mol. The number of aliphatic hydroxyl groups is 1. The van der Waals surface area contributed by atoms with Crippen molar-refractivity contribution in [3.8, 4) is 0 Å². The van der Waals surface area contributed by atoms with E-state index in [-0.39, 0.29) is 12.4 Å². The molecular formula is C22H29FN4O. The molecule has 28 heavy (non-hydrogen) atoms. The molecule has 0 aromatic heterocycles. The molecule has 0 saturated carbocycles. The van der Waals surface area contributed by atoms with Crippen molar-refractivity contribution in [1.29, 1.82) is 0 Å².